The van der Waals surface area contributed by atoms with Gasteiger partial charge in [0.15, 0.2) is 11.5 Å². The third-order valence-electron chi connectivity index (χ3n) is 4.61. The van der Waals surface area contributed by atoms with Crippen LogP contribution in [0.5, 0.6) is 23.0 Å². The molecule has 0 bridgehead atoms. The number of phenols is 3. The first-order chi connectivity index (χ1) is 16.4. The lowest BCUT2D eigenvalue weighted by molar-refractivity contribution is -0.142. The Hall–Kier alpha value is -4.57. The normalized spacial score (nSPS) is 11.9. The molecule has 0 aliphatic heterocycles. The number of hydrogen-bond donors (Lipinski definition) is 6. The van der Waals surface area contributed by atoms with Crippen LogP contribution < -0.4 is 15.8 Å². The quantitative estimate of drug-likeness (QED) is 0.175. The van der Waals surface area contributed by atoms with E-state index in [4.69, 9.17) is 20.7 Å². The van der Waals surface area contributed by atoms with Gasteiger partial charge in [-0.2, -0.15) is 0 Å². The Morgan fingerprint density at radius 3 is 2.09 bits per heavy atom. The number of carboxylic acids is 1. The van der Waals surface area contributed by atoms with E-state index in [9.17, 15) is 24.6 Å². The molecule has 10 nitrogen and oxygen atoms in total. The van der Waals surface area contributed by atoms with Crippen LogP contribution in [0.25, 0.3) is 0 Å². The summed E-state index contributed by atoms with van der Waals surface area (Å²) in [5.74, 6) is -2.27. The zero-order valence-electron chi connectivity index (χ0n) is 19.1. The average molecular weight is 482 g/mol. The highest BCUT2D eigenvalue weighted by Gasteiger charge is 2.28. The summed E-state index contributed by atoms with van der Waals surface area (Å²) in [7, 11) is 0. The molecule has 3 aromatic rings. The number of aromatic hydroxyl groups is 3. The van der Waals surface area contributed by atoms with E-state index in [0.29, 0.717) is 17.0 Å². The fourth-order valence-electron chi connectivity index (χ4n) is 2.80. The van der Waals surface area contributed by atoms with Crippen LogP contribution in [0.2, 0.25) is 0 Å². The maximum absolute atomic E-state index is 11.8. The van der Waals surface area contributed by atoms with E-state index in [1.807, 2.05) is 0 Å². The first-order valence-corrected chi connectivity index (χ1v) is 10.3. The lowest BCUT2D eigenvalue weighted by atomic mass is 9.94. The van der Waals surface area contributed by atoms with E-state index in [0.717, 1.165) is 0 Å². The van der Waals surface area contributed by atoms with Crippen molar-refractivity contribution in [1.82, 2.24) is 0 Å². The van der Waals surface area contributed by atoms with Crippen molar-refractivity contribution in [3.05, 3.63) is 77.9 Å². The van der Waals surface area contributed by atoms with Crippen LogP contribution in [0, 0.1) is 0 Å². The summed E-state index contributed by atoms with van der Waals surface area (Å²) in [6, 6.07) is 16.6. The van der Waals surface area contributed by atoms with Gasteiger partial charge in [0.05, 0.1) is 0 Å². The summed E-state index contributed by atoms with van der Waals surface area (Å²) < 4.78 is 5.13. The number of phenolic OH excluding ortho intramolecular Hbond substituents is 3. The number of anilines is 1. The number of aliphatic carboxylic acids is 1. The topological polar surface area (TPSA) is 179 Å². The molecule has 0 saturated heterocycles. The summed E-state index contributed by atoms with van der Waals surface area (Å²) in [4.78, 5) is 33.5. The van der Waals surface area contributed by atoms with Gasteiger partial charge in [0.25, 0.3) is 0 Å². The summed E-state index contributed by atoms with van der Waals surface area (Å²) in [6.07, 6.45) is 0.0795. The highest BCUT2D eigenvalue weighted by atomic mass is 16.5. The van der Waals surface area contributed by atoms with Crippen LogP contribution in [-0.4, -0.2) is 43.8 Å². The first kappa shape index (κ1) is 26.7. The van der Waals surface area contributed by atoms with Gasteiger partial charge in [-0.15, -0.1) is 0 Å². The Kier molecular flexibility index (Phi) is 8.79. The van der Waals surface area contributed by atoms with Crippen LogP contribution in [-0.2, 0) is 16.0 Å². The minimum absolute atomic E-state index is 0.0795. The summed E-state index contributed by atoms with van der Waals surface area (Å²) >= 11 is 0. The largest absolute Gasteiger partial charge is 0.507 e. The monoisotopic (exact) mass is 482 g/mol. The molecule has 7 N–H and O–H groups in total. The number of carbonyl (C=O) groups is 3. The molecular formula is C25H26N2O8. The average Bonchev–Trinajstić information content (AvgIpc) is 2.78. The van der Waals surface area contributed by atoms with Gasteiger partial charge in [-0.05, 0) is 61.0 Å². The molecule has 0 heterocycles. The molecule has 1 unspecified atom stereocenters. The van der Waals surface area contributed by atoms with E-state index in [1.54, 1.807) is 36.4 Å². The van der Waals surface area contributed by atoms with Gasteiger partial charge in [0.1, 0.15) is 22.6 Å². The molecule has 10 heteroatoms. The maximum atomic E-state index is 11.8. The van der Waals surface area contributed by atoms with E-state index in [-0.39, 0.29) is 35.1 Å². The van der Waals surface area contributed by atoms with Crippen LogP contribution in [0.4, 0.5) is 5.69 Å². The molecule has 1 atom stereocenters. The van der Waals surface area contributed by atoms with Crippen molar-refractivity contribution in [2.45, 2.75) is 25.8 Å². The van der Waals surface area contributed by atoms with Gasteiger partial charge in [0, 0.05) is 19.0 Å². The number of carbonyl (C=O) groups excluding carboxylic acids is 2. The van der Waals surface area contributed by atoms with Crippen molar-refractivity contribution in [3.63, 3.8) is 0 Å². The Morgan fingerprint density at radius 2 is 1.54 bits per heavy atom. The van der Waals surface area contributed by atoms with Crippen molar-refractivity contribution in [3.8, 4) is 23.0 Å². The molecule has 0 aromatic heterocycles. The molecule has 0 aliphatic rings. The van der Waals surface area contributed by atoms with E-state index in [1.165, 1.54) is 44.2 Å². The van der Waals surface area contributed by atoms with Gasteiger partial charge in [-0.3, -0.25) is 9.59 Å². The zero-order valence-corrected chi connectivity index (χ0v) is 19.1. The summed E-state index contributed by atoms with van der Waals surface area (Å²) in [6.45, 7) is 2.80. The Morgan fingerprint density at radius 1 is 0.914 bits per heavy atom. The smallest absolute Gasteiger partial charge is 0.347 e. The van der Waals surface area contributed by atoms with Crippen LogP contribution in [0.3, 0.4) is 0 Å². The Bertz CT molecular complexity index is 1210. The molecular weight excluding hydrogens is 456 g/mol. The van der Waals surface area contributed by atoms with Crippen molar-refractivity contribution < 1.29 is 39.5 Å². The van der Waals surface area contributed by atoms with Crippen LogP contribution in [0.15, 0.2) is 66.7 Å². The highest BCUT2D eigenvalue weighted by Crippen LogP contribution is 2.26. The standard InChI is InChI=1S/C15H13NO4.C10H13NO4/c1-10(17)16-11-6-8-12(9-7-11)20-15(19)13-4-2-3-5-14(13)18;1-10(11,9(14)15)5-6-2-3-7(12)8(13)4-6/h2-9,18H,1H3,(H,16,17);2-4,12-13H,5,11H2,1H3,(H,14,15). The predicted octanol–water partition coefficient (Wildman–Crippen LogP) is 3.01. The lowest BCUT2D eigenvalue weighted by Gasteiger charge is -2.19. The number of esters is 1. The second kappa shape index (κ2) is 11.5. The van der Waals surface area contributed by atoms with Crippen LogP contribution in [0.1, 0.15) is 29.8 Å². The fraction of sp³-hybridized carbons (Fsp3) is 0.160. The molecule has 35 heavy (non-hydrogen) atoms. The van der Waals surface area contributed by atoms with Crippen molar-refractivity contribution in [2.24, 2.45) is 5.73 Å². The van der Waals surface area contributed by atoms with Gasteiger partial charge in [-0.1, -0.05) is 18.2 Å². The predicted molar refractivity (Wildman–Crippen MR) is 128 cm³/mol. The van der Waals surface area contributed by atoms with Gasteiger partial charge in [0.2, 0.25) is 5.91 Å². The number of ether oxygens (including phenoxy) is 1. The number of nitrogens with one attached hydrogen (secondary N) is 1. The van der Waals surface area contributed by atoms with Crippen LogP contribution >= 0.6 is 0 Å². The third kappa shape index (κ3) is 8.06. The number of carboxylic acid groups (broad SMARTS) is 1. The minimum Gasteiger partial charge on any atom is -0.507 e. The molecule has 1 amide bonds. The SMILES string of the molecule is CC(=O)Nc1ccc(OC(=O)c2ccccc2O)cc1.CC(N)(Cc1ccc(O)c(O)c1)C(=O)O. The number of benzene rings is 3. The molecule has 0 saturated carbocycles. The minimum atomic E-state index is -1.39. The van der Waals surface area contributed by atoms with Gasteiger partial charge < -0.3 is 36.2 Å². The van der Waals surface area contributed by atoms with Crippen molar-refractivity contribution >= 4 is 23.5 Å². The molecule has 3 aromatic carbocycles. The lowest BCUT2D eigenvalue weighted by Crippen LogP contribution is -2.46. The molecule has 3 rings (SSSR count). The van der Waals surface area contributed by atoms with Gasteiger partial charge in [-0.25, -0.2) is 4.79 Å². The molecule has 184 valence electrons. The number of hydrogen-bond acceptors (Lipinski definition) is 8. The number of nitrogens with two attached hydrogens (primary N) is 1. The molecule has 0 fully saturated rings. The molecule has 0 radical (unpaired) electrons. The second-order valence-corrected chi connectivity index (χ2v) is 7.83. The van der Waals surface area contributed by atoms with E-state index in [2.05, 4.69) is 5.32 Å². The fourth-order valence-corrected chi connectivity index (χ4v) is 2.80. The maximum Gasteiger partial charge on any atom is 0.347 e. The first-order valence-electron chi connectivity index (χ1n) is 10.3. The molecule has 0 spiro atoms. The van der Waals surface area contributed by atoms with Crippen molar-refractivity contribution in [1.29, 1.82) is 0 Å². The second-order valence-electron chi connectivity index (χ2n) is 7.83. The zero-order chi connectivity index (χ0) is 26.2. The van der Waals surface area contributed by atoms with E-state index >= 15 is 0 Å². The van der Waals surface area contributed by atoms with E-state index < -0.39 is 17.5 Å². The molecule has 0 aliphatic carbocycles. The summed E-state index contributed by atoms with van der Waals surface area (Å²) in [5.41, 5.74) is 5.41. The highest BCUT2D eigenvalue weighted by molar-refractivity contribution is 5.94. The number of para-hydroxylation sites is 1. The summed E-state index contributed by atoms with van der Waals surface area (Å²) in [5, 5.41) is 39.2. The van der Waals surface area contributed by atoms with Gasteiger partial charge >= 0.3 is 11.9 Å². The van der Waals surface area contributed by atoms with Crippen molar-refractivity contribution in [2.75, 3.05) is 5.32 Å². The number of rotatable bonds is 6. The number of amides is 1. The Balaban J connectivity index is 0.000000258. The Labute approximate surface area is 201 Å². The third-order valence-corrected chi connectivity index (χ3v) is 4.61.